The van der Waals surface area contributed by atoms with Gasteiger partial charge in [0, 0.05) is 10.2 Å². The highest BCUT2D eigenvalue weighted by molar-refractivity contribution is 9.10. The normalized spacial score (nSPS) is 11.4. The smallest absolute Gasteiger partial charge is 0.399 e. The van der Waals surface area contributed by atoms with Crippen molar-refractivity contribution in [3.63, 3.8) is 0 Å². The maximum Gasteiger partial charge on any atom is 0.418 e. The molecule has 0 heterocycles. The van der Waals surface area contributed by atoms with E-state index < -0.39 is 11.7 Å². The van der Waals surface area contributed by atoms with E-state index in [1.54, 1.807) is 6.07 Å². The van der Waals surface area contributed by atoms with Crippen LogP contribution in [0.25, 0.3) is 0 Å². The molecule has 0 aliphatic heterocycles. The Morgan fingerprint density at radius 3 is 2.40 bits per heavy atom. The van der Waals surface area contributed by atoms with Gasteiger partial charge in [0.15, 0.2) is 0 Å². The predicted octanol–water partition coefficient (Wildman–Crippen LogP) is 5.45. The summed E-state index contributed by atoms with van der Waals surface area (Å²) in [6, 6.07) is 8.41. The Morgan fingerprint density at radius 2 is 1.75 bits per heavy atom. The van der Waals surface area contributed by atoms with Gasteiger partial charge in [-0.25, -0.2) is 0 Å². The van der Waals surface area contributed by atoms with Crippen molar-refractivity contribution in [1.82, 2.24) is 0 Å². The third-order valence-electron chi connectivity index (χ3n) is 2.55. The Labute approximate surface area is 126 Å². The minimum atomic E-state index is -4.47. The van der Waals surface area contributed by atoms with Gasteiger partial charge in [-0.15, -0.1) is 0 Å². The lowest BCUT2D eigenvalue weighted by atomic mass is 10.1. The third kappa shape index (κ3) is 3.37. The maximum absolute atomic E-state index is 13.0. The highest BCUT2D eigenvalue weighted by Crippen LogP contribution is 2.38. The number of halogens is 5. The van der Waals surface area contributed by atoms with Crippen LogP contribution in [0.4, 0.5) is 30.2 Å². The summed E-state index contributed by atoms with van der Waals surface area (Å²) in [5.74, 6) is 0. The summed E-state index contributed by atoms with van der Waals surface area (Å²) in [6.45, 7) is 0. The van der Waals surface area contributed by atoms with Crippen molar-refractivity contribution in [1.29, 1.82) is 0 Å². The number of nitrogens with one attached hydrogen (secondary N) is 1. The Balaban J connectivity index is 2.46. The zero-order valence-electron chi connectivity index (χ0n) is 9.93. The van der Waals surface area contributed by atoms with Crippen LogP contribution in [0.1, 0.15) is 5.56 Å². The van der Waals surface area contributed by atoms with Crippen LogP contribution < -0.4 is 11.1 Å². The molecule has 3 N–H and O–H groups in total. The van der Waals surface area contributed by atoms with Gasteiger partial charge in [-0.05, 0) is 36.4 Å². The zero-order valence-corrected chi connectivity index (χ0v) is 12.3. The van der Waals surface area contributed by atoms with E-state index in [0.29, 0.717) is 15.8 Å². The molecular weight excluding hydrogens is 357 g/mol. The molecule has 0 saturated heterocycles. The number of rotatable bonds is 2. The van der Waals surface area contributed by atoms with Crippen molar-refractivity contribution in [3.8, 4) is 0 Å². The molecule has 0 spiro atoms. The Kier molecular flexibility index (Phi) is 4.15. The van der Waals surface area contributed by atoms with Gasteiger partial charge >= 0.3 is 6.18 Å². The number of alkyl halides is 3. The van der Waals surface area contributed by atoms with Crippen molar-refractivity contribution >= 4 is 44.6 Å². The van der Waals surface area contributed by atoms with Gasteiger partial charge in [0.1, 0.15) is 0 Å². The highest BCUT2D eigenvalue weighted by Gasteiger charge is 2.33. The summed E-state index contributed by atoms with van der Waals surface area (Å²) in [6.07, 6.45) is -4.47. The lowest BCUT2D eigenvalue weighted by Crippen LogP contribution is -2.09. The SMILES string of the molecule is Nc1ccc(Cl)c(Nc2ccc(Br)cc2C(F)(F)F)c1. The first-order valence-corrected chi connectivity index (χ1v) is 6.63. The minimum Gasteiger partial charge on any atom is -0.399 e. The molecule has 106 valence electrons. The van der Waals surface area contributed by atoms with E-state index in [4.69, 9.17) is 17.3 Å². The zero-order chi connectivity index (χ0) is 14.9. The van der Waals surface area contributed by atoms with Crippen molar-refractivity contribution in [2.45, 2.75) is 6.18 Å². The first-order valence-electron chi connectivity index (χ1n) is 5.46. The summed E-state index contributed by atoms with van der Waals surface area (Å²) < 4.78 is 39.3. The first kappa shape index (κ1) is 15.0. The summed E-state index contributed by atoms with van der Waals surface area (Å²) in [5.41, 5.74) is 5.45. The largest absolute Gasteiger partial charge is 0.418 e. The second kappa shape index (κ2) is 5.54. The van der Waals surface area contributed by atoms with Crippen molar-refractivity contribution < 1.29 is 13.2 Å². The van der Waals surface area contributed by atoms with E-state index in [9.17, 15) is 13.2 Å². The average Bonchev–Trinajstić information content (AvgIpc) is 2.34. The second-order valence-corrected chi connectivity index (χ2v) is 5.37. The summed E-state index contributed by atoms with van der Waals surface area (Å²) in [5, 5.41) is 2.95. The van der Waals surface area contributed by atoms with Crippen molar-refractivity contribution in [2.24, 2.45) is 0 Å². The highest BCUT2D eigenvalue weighted by atomic mass is 79.9. The van der Waals surface area contributed by atoms with Crippen LogP contribution in [0, 0.1) is 0 Å². The van der Waals surface area contributed by atoms with Crippen molar-refractivity contribution in [3.05, 3.63) is 51.5 Å². The first-order chi connectivity index (χ1) is 9.27. The van der Waals surface area contributed by atoms with Crippen LogP contribution in [0.2, 0.25) is 5.02 Å². The average molecular weight is 366 g/mol. The molecule has 0 saturated carbocycles. The molecule has 0 fully saturated rings. The Bertz CT molecular complexity index is 644. The van der Waals surface area contributed by atoms with E-state index in [1.807, 2.05) is 0 Å². The quantitative estimate of drug-likeness (QED) is 0.695. The van der Waals surface area contributed by atoms with Gasteiger partial charge in [-0.3, -0.25) is 0 Å². The molecule has 0 unspecified atom stereocenters. The van der Waals surface area contributed by atoms with E-state index >= 15 is 0 Å². The van der Waals surface area contributed by atoms with Crippen molar-refractivity contribution in [2.75, 3.05) is 11.1 Å². The molecule has 0 aromatic heterocycles. The molecule has 0 amide bonds. The van der Waals surface area contributed by atoms with E-state index in [1.165, 1.54) is 24.3 Å². The van der Waals surface area contributed by atoms with E-state index in [0.717, 1.165) is 6.07 Å². The van der Waals surface area contributed by atoms with Gasteiger partial charge < -0.3 is 11.1 Å². The second-order valence-electron chi connectivity index (χ2n) is 4.05. The van der Waals surface area contributed by atoms with Crippen LogP contribution in [-0.4, -0.2) is 0 Å². The molecule has 0 bridgehead atoms. The molecular formula is C13H9BrClF3N2. The fourth-order valence-electron chi connectivity index (χ4n) is 1.64. The molecule has 20 heavy (non-hydrogen) atoms. The van der Waals surface area contributed by atoms with Crippen LogP contribution in [0.5, 0.6) is 0 Å². The van der Waals surface area contributed by atoms with Gasteiger partial charge in [0.2, 0.25) is 0 Å². The Hall–Kier alpha value is -1.40. The molecule has 0 radical (unpaired) electrons. The fourth-order valence-corrected chi connectivity index (χ4v) is 2.17. The Morgan fingerprint density at radius 1 is 1.05 bits per heavy atom. The minimum absolute atomic E-state index is 0.0896. The van der Waals surface area contributed by atoms with Crippen LogP contribution >= 0.6 is 27.5 Å². The summed E-state index contributed by atoms with van der Waals surface area (Å²) in [4.78, 5) is 0. The molecule has 2 rings (SSSR count). The lowest BCUT2D eigenvalue weighted by Gasteiger charge is -2.16. The fraction of sp³-hybridized carbons (Fsp3) is 0.0769. The van der Waals surface area contributed by atoms with Gasteiger partial charge in [-0.2, -0.15) is 13.2 Å². The van der Waals surface area contributed by atoms with E-state index in [2.05, 4.69) is 21.2 Å². The molecule has 2 aromatic rings. The monoisotopic (exact) mass is 364 g/mol. The standard InChI is InChI=1S/C13H9BrClF3N2/c14-7-1-4-11(9(5-7)13(16,17)18)20-12-6-8(19)2-3-10(12)15/h1-6,20H,19H2. The van der Waals surface area contributed by atoms with E-state index in [-0.39, 0.29) is 10.7 Å². The predicted molar refractivity (Wildman–Crippen MR) is 78.3 cm³/mol. The third-order valence-corrected chi connectivity index (χ3v) is 3.37. The summed E-state index contributed by atoms with van der Waals surface area (Å²) >= 11 is 8.96. The number of anilines is 3. The number of nitrogens with two attached hydrogens (primary N) is 1. The molecule has 2 nitrogen and oxygen atoms in total. The van der Waals surface area contributed by atoms with Crippen LogP contribution in [0.15, 0.2) is 40.9 Å². The molecule has 0 aliphatic rings. The molecule has 2 aromatic carbocycles. The number of hydrogen-bond donors (Lipinski definition) is 2. The maximum atomic E-state index is 13.0. The van der Waals surface area contributed by atoms with Gasteiger partial charge in [0.25, 0.3) is 0 Å². The molecule has 7 heteroatoms. The lowest BCUT2D eigenvalue weighted by molar-refractivity contribution is -0.137. The topological polar surface area (TPSA) is 38.0 Å². The van der Waals surface area contributed by atoms with Gasteiger partial charge in [0.05, 0.1) is 22.0 Å². The summed E-state index contributed by atoms with van der Waals surface area (Å²) in [7, 11) is 0. The number of hydrogen-bond acceptors (Lipinski definition) is 2. The number of benzene rings is 2. The number of nitrogen functional groups attached to an aromatic ring is 1. The van der Waals surface area contributed by atoms with Crippen LogP contribution in [-0.2, 0) is 6.18 Å². The molecule has 0 atom stereocenters. The van der Waals surface area contributed by atoms with Crippen LogP contribution in [0.3, 0.4) is 0 Å². The molecule has 0 aliphatic carbocycles. The van der Waals surface area contributed by atoms with Gasteiger partial charge in [-0.1, -0.05) is 27.5 Å².